The number of hydrogen-bond donors (Lipinski definition) is 3. The van der Waals surface area contributed by atoms with Crippen LogP contribution in [0.2, 0.25) is 0 Å². The van der Waals surface area contributed by atoms with Gasteiger partial charge in [-0.2, -0.15) is 8.67 Å². The molecule has 0 atom stereocenters. The fraction of sp³-hybridized carbons (Fsp3) is 0.0303. The Morgan fingerprint density at radius 3 is 1.78 bits per heavy atom. The first-order valence-corrected chi connectivity index (χ1v) is 20.3. The van der Waals surface area contributed by atoms with Crippen LogP contribution in [-0.4, -0.2) is 58.1 Å². The predicted molar refractivity (Wildman–Crippen MR) is 197 cm³/mol. The van der Waals surface area contributed by atoms with Gasteiger partial charge in [0.2, 0.25) is 0 Å². The molecule has 32 heteroatoms. The van der Waals surface area contributed by atoms with Crippen LogP contribution >= 0.6 is 24.1 Å². The van der Waals surface area contributed by atoms with E-state index in [2.05, 4.69) is 39.2 Å². The first-order valence-electron chi connectivity index (χ1n) is 16.0. The number of benzene rings is 6. The molecule has 65 heavy (non-hydrogen) atoms. The quantitative estimate of drug-likeness (QED) is 0.0215. The van der Waals surface area contributed by atoms with E-state index in [0.717, 1.165) is 18.2 Å². The second-order valence-electron chi connectivity index (χ2n) is 11.8. The van der Waals surface area contributed by atoms with Crippen molar-refractivity contribution in [3.63, 3.8) is 0 Å². The van der Waals surface area contributed by atoms with Crippen molar-refractivity contribution in [3.8, 4) is 34.4 Å². The molecule has 1 heterocycles. The maximum Gasteiger partial charge on any atom is 1.00 e. The molecule has 6 aromatic carbocycles. The summed E-state index contributed by atoms with van der Waals surface area (Å²) in [6.07, 6.45) is 0. The zero-order chi connectivity index (χ0) is 42.9. The molecule has 0 saturated carbocycles. The van der Waals surface area contributed by atoms with Crippen LogP contribution < -0.4 is 133 Å². The molecule has 7 rings (SSSR count). The van der Waals surface area contributed by atoms with E-state index >= 15 is 0 Å². The molecular weight excluding hydrogens is 1040 g/mol. The van der Waals surface area contributed by atoms with Crippen molar-refractivity contribution in [2.45, 2.75) is 19.6 Å². The monoisotopic (exact) mass is 1050 g/mol. The topological polar surface area (TPSA) is 340 Å². The van der Waals surface area contributed by atoms with Gasteiger partial charge in [-0.15, -0.1) is 20.5 Å². The Hall–Kier alpha value is -1.56. The predicted octanol–water partition coefficient (Wildman–Crippen LogP) is -6.59. The van der Waals surface area contributed by atoms with Gasteiger partial charge >= 0.3 is 118 Å². The van der Waals surface area contributed by atoms with Crippen LogP contribution in [0.1, 0.15) is 0 Å². The second kappa shape index (κ2) is 25.3. The first-order chi connectivity index (χ1) is 28.6. The molecule has 0 amide bonds. The minimum atomic E-state index is -5.22. The Labute approximate surface area is 473 Å². The third-order valence-corrected chi connectivity index (χ3v) is 11.2. The molecule has 3 N–H and O–H groups in total. The summed E-state index contributed by atoms with van der Waals surface area (Å²) in [4.78, 5) is 1.28. The van der Waals surface area contributed by atoms with E-state index in [9.17, 15) is 51.8 Å². The number of phenolic OH excluding ortho intramolecular Hbond substituents is 3. The molecule has 0 aliphatic heterocycles. The van der Waals surface area contributed by atoms with Gasteiger partial charge < -0.3 is 39.7 Å². The molecule has 23 nitrogen and oxygen atoms in total. The Morgan fingerprint density at radius 2 is 1.18 bits per heavy atom. The third kappa shape index (κ3) is 13.8. The number of methoxy groups -OCH3 is 1. The third-order valence-electron chi connectivity index (χ3n) is 8.29. The van der Waals surface area contributed by atoms with Crippen LogP contribution in [-0.2, 0) is 56.0 Å². The molecule has 1 aromatic heterocycles. The number of phenols is 3. The number of hydrogen-bond acceptors (Lipinski definition) is 23. The van der Waals surface area contributed by atoms with Gasteiger partial charge in [0.15, 0.2) is 11.5 Å². The van der Waals surface area contributed by atoms with Crippen LogP contribution in [0, 0.1) is 0 Å². The van der Waals surface area contributed by atoms with Gasteiger partial charge in [0, 0.05) is 44.9 Å². The second-order valence-corrected chi connectivity index (χ2v) is 16.1. The molecule has 0 spiro atoms. The summed E-state index contributed by atoms with van der Waals surface area (Å²) >= 11 is 0.833. The van der Waals surface area contributed by atoms with Crippen molar-refractivity contribution < 1.29 is 215 Å². The van der Waals surface area contributed by atoms with Gasteiger partial charge in [-0.3, -0.25) is 10.1 Å². The minimum Gasteiger partial charge on any atom is -0.744 e. The summed E-state index contributed by atoms with van der Waals surface area (Å²) in [6.45, 7) is 0. The zero-order valence-corrected chi connectivity index (χ0v) is 46.0. The molecular formula is C33H20CuN6Na4O17S4. The largest absolute Gasteiger partial charge is 1.00 e. The number of rotatable bonds is 15. The van der Waals surface area contributed by atoms with Gasteiger partial charge in [-0.05, 0) is 83.6 Å². The number of aromatic hydroxyl groups is 3. The Morgan fingerprint density at radius 1 is 0.631 bits per heavy atom. The smallest absolute Gasteiger partial charge is 0.744 e. The average molecular weight is 1060 g/mol. The number of aromatic nitrogens is 2. The number of fused-ring (bicyclic) bond motifs is 2. The zero-order valence-electron chi connectivity index (χ0n) is 33.8. The van der Waals surface area contributed by atoms with Crippen molar-refractivity contribution in [2.24, 2.45) is 20.5 Å². The fourth-order valence-corrected chi connectivity index (χ4v) is 7.62. The van der Waals surface area contributed by atoms with Crippen LogP contribution in [0.3, 0.4) is 0 Å². The molecule has 0 aliphatic carbocycles. The molecule has 7 aromatic rings. The van der Waals surface area contributed by atoms with E-state index in [0.29, 0.717) is 29.8 Å². The van der Waals surface area contributed by atoms with Gasteiger partial charge in [0.25, 0.3) is 0 Å². The van der Waals surface area contributed by atoms with Crippen molar-refractivity contribution in [1.29, 1.82) is 0 Å². The van der Waals surface area contributed by atoms with Gasteiger partial charge in [0.1, 0.15) is 65.9 Å². The molecule has 0 fully saturated rings. The summed E-state index contributed by atoms with van der Waals surface area (Å²) in [7, 11) is -8.71. The maximum absolute atomic E-state index is 12.1. The average Bonchev–Trinajstić information content (AvgIpc) is 4.02. The molecule has 1 radical (unpaired) electrons. The number of azo groups is 2. The van der Waals surface area contributed by atoms with E-state index in [1.54, 1.807) is 6.07 Å². The molecule has 0 bridgehead atoms. The minimum absolute atomic E-state index is 0. The van der Waals surface area contributed by atoms with E-state index in [1.807, 2.05) is 0 Å². The normalized spacial score (nSPS) is 11.5. The summed E-state index contributed by atoms with van der Waals surface area (Å²) in [6, 6.07) is 18.0. The van der Waals surface area contributed by atoms with Gasteiger partial charge in [-0.1, -0.05) is 9.71 Å². The standard InChI is InChI=1S/C33H24N6O17S4.Cu.4Na/c1-51-27-15-19(3-9-25(27)35-36-30-28(58-56-54-44)12-17-11-21(59(45,46)47)5-7-23(17)32(30)41)39-38(52-39)18-2-8-24(26(40)14-18)34-37-31-29(60(48,49)50)13-16-10-20(57-55-53-43)4-6-22(16)33(31)42;;;;;/h2-15,40-44H,1H3,(H,45,46,47)(H,48,49,50);;;;;/q;;4*+1/p-4. The Kier molecular flexibility index (Phi) is 23.2. The van der Waals surface area contributed by atoms with E-state index in [-0.39, 0.29) is 195 Å². The molecule has 0 unspecified atom stereocenters. The fourth-order valence-electron chi connectivity index (χ4n) is 5.57. The Balaban J connectivity index is 0.00000290. The Bertz CT molecular complexity index is 3100. The van der Waals surface area contributed by atoms with Gasteiger partial charge in [-0.25, -0.2) is 21.5 Å². The summed E-state index contributed by atoms with van der Waals surface area (Å²) < 4.78 is 90.6. The summed E-state index contributed by atoms with van der Waals surface area (Å²) in [5, 5.41) is 76.3. The number of nitrogens with zero attached hydrogens (tertiary/aromatic N) is 6. The van der Waals surface area contributed by atoms with E-state index in [1.165, 1.54) is 77.5 Å². The van der Waals surface area contributed by atoms with Gasteiger partial charge in [0.05, 0.1) is 45.9 Å². The van der Waals surface area contributed by atoms with Crippen molar-refractivity contribution in [1.82, 2.24) is 9.71 Å². The summed E-state index contributed by atoms with van der Waals surface area (Å²) in [5.41, 5.74) is -0.295. The van der Waals surface area contributed by atoms with Crippen molar-refractivity contribution >= 4 is 88.6 Å². The van der Waals surface area contributed by atoms with Crippen LogP contribution in [0.4, 0.5) is 22.7 Å². The maximum atomic E-state index is 12.1. The van der Waals surface area contributed by atoms with Crippen molar-refractivity contribution in [2.75, 3.05) is 7.11 Å². The molecule has 323 valence electrons. The van der Waals surface area contributed by atoms with Crippen LogP contribution in [0.5, 0.6) is 23.0 Å². The van der Waals surface area contributed by atoms with Crippen LogP contribution in [0.15, 0.2) is 130 Å². The molecule has 0 aliphatic rings. The van der Waals surface area contributed by atoms with E-state index in [4.69, 9.17) is 9.37 Å². The SMILES string of the molecule is COc1cc(-n2on2-c2ccc(N=Nc3c(S(=O)(=O)[O-])cc4cc(SOO[O-])ccc4c3O)c(O)c2)ccc1N=Nc1c(SOO[O-])cc2cc(S(=O)(=O)[O-])ccc2c1O.[Cu].[Na+].[Na+].[Na+].[Na+]. The summed E-state index contributed by atoms with van der Waals surface area (Å²) in [5.74, 6) is -1.51. The molecule has 0 saturated heterocycles. The first kappa shape index (κ1) is 59.6. The number of ether oxygens (including phenoxy) is 1. The van der Waals surface area contributed by atoms with E-state index < -0.39 is 53.0 Å². The van der Waals surface area contributed by atoms with Crippen LogP contribution in [0.25, 0.3) is 32.9 Å². The van der Waals surface area contributed by atoms with Crippen molar-refractivity contribution in [3.05, 3.63) is 84.9 Å².